The fraction of sp³-hybridized carbons (Fsp3) is 0.650. The van der Waals surface area contributed by atoms with Crippen LogP contribution < -0.4 is 10.6 Å². The molecule has 2 aliphatic rings. The van der Waals surface area contributed by atoms with E-state index in [0.29, 0.717) is 19.5 Å². The first-order valence-corrected chi connectivity index (χ1v) is 9.97. The van der Waals surface area contributed by atoms with Crippen LogP contribution in [0.15, 0.2) is 24.5 Å². The SMILES string of the molecule is CCN1CC[C@@]2(C(=O)Nc3cccnc3)CCN(C(=O)NC(C)C)CC[C@@H]12. The summed E-state index contributed by atoms with van der Waals surface area (Å²) in [5.41, 5.74) is 0.267. The molecule has 2 fully saturated rings. The zero-order chi connectivity index (χ0) is 19.4. The largest absolute Gasteiger partial charge is 0.336 e. The van der Waals surface area contributed by atoms with E-state index in [-0.39, 0.29) is 24.0 Å². The molecule has 0 saturated carbocycles. The third-order valence-corrected chi connectivity index (χ3v) is 5.90. The van der Waals surface area contributed by atoms with E-state index in [1.807, 2.05) is 30.9 Å². The number of likely N-dealkylation sites (tertiary alicyclic amines) is 2. The topological polar surface area (TPSA) is 77.6 Å². The number of rotatable bonds is 4. The minimum atomic E-state index is -0.460. The van der Waals surface area contributed by atoms with E-state index in [1.54, 1.807) is 12.4 Å². The van der Waals surface area contributed by atoms with E-state index >= 15 is 0 Å². The first-order chi connectivity index (χ1) is 13.0. The molecule has 2 N–H and O–H groups in total. The summed E-state index contributed by atoms with van der Waals surface area (Å²) in [7, 11) is 0. The Hall–Kier alpha value is -2.15. The molecule has 0 bridgehead atoms. The lowest BCUT2D eigenvalue weighted by molar-refractivity contribution is -0.127. The smallest absolute Gasteiger partial charge is 0.317 e. The zero-order valence-corrected chi connectivity index (χ0v) is 16.6. The number of nitrogens with zero attached hydrogens (tertiary/aromatic N) is 3. The standard InChI is InChI=1S/C20H31N5O2/c1-4-24-12-8-20(18(26)23-16-6-5-10-21-14-16)9-13-25(11-7-17(20)24)19(27)22-15(2)3/h5-6,10,14-15,17H,4,7-9,11-13H2,1-3H3,(H,22,27)(H,23,26)/t17-,20-/m1/s1. The lowest BCUT2D eigenvalue weighted by Gasteiger charge is -2.35. The van der Waals surface area contributed by atoms with Crippen molar-refractivity contribution in [3.05, 3.63) is 24.5 Å². The Kier molecular flexibility index (Phi) is 5.99. The highest BCUT2D eigenvalue weighted by Crippen LogP contribution is 2.44. The maximum Gasteiger partial charge on any atom is 0.317 e. The molecule has 0 unspecified atom stereocenters. The molecular formula is C20H31N5O2. The zero-order valence-electron chi connectivity index (χ0n) is 16.6. The van der Waals surface area contributed by atoms with Crippen molar-refractivity contribution in [2.75, 3.05) is 31.5 Å². The van der Waals surface area contributed by atoms with Gasteiger partial charge in [0.2, 0.25) is 5.91 Å². The van der Waals surface area contributed by atoms with Gasteiger partial charge in [0.25, 0.3) is 0 Å². The van der Waals surface area contributed by atoms with E-state index in [0.717, 1.165) is 31.6 Å². The number of carbonyl (C=O) groups excluding carboxylic acids is 2. The van der Waals surface area contributed by atoms with Crippen molar-refractivity contribution >= 4 is 17.6 Å². The molecule has 2 saturated heterocycles. The van der Waals surface area contributed by atoms with E-state index in [9.17, 15) is 9.59 Å². The summed E-state index contributed by atoms with van der Waals surface area (Å²) < 4.78 is 0. The molecule has 0 aromatic carbocycles. The highest BCUT2D eigenvalue weighted by atomic mass is 16.2. The van der Waals surface area contributed by atoms with Gasteiger partial charge in [0, 0.05) is 31.4 Å². The Morgan fingerprint density at radius 2 is 2.07 bits per heavy atom. The predicted molar refractivity (Wildman–Crippen MR) is 105 cm³/mol. The number of carbonyl (C=O) groups is 2. The minimum absolute atomic E-state index is 0.0316. The molecular weight excluding hydrogens is 342 g/mol. The molecule has 3 amide bonds. The third-order valence-electron chi connectivity index (χ3n) is 5.90. The van der Waals surface area contributed by atoms with Crippen LogP contribution >= 0.6 is 0 Å². The van der Waals surface area contributed by atoms with E-state index < -0.39 is 5.41 Å². The van der Waals surface area contributed by atoms with Crippen LogP contribution in [0.3, 0.4) is 0 Å². The van der Waals surface area contributed by atoms with Crippen LogP contribution in [-0.2, 0) is 4.79 Å². The quantitative estimate of drug-likeness (QED) is 0.849. The maximum absolute atomic E-state index is 13.4. The van der Waals surface area contributed by atoms with Gasteiger partial charge in [-0.15, -0.1) is 0 Å². The van der Waals surface area contributed by atoms with Crippen LogP contribution in [0, 0.1) is 5.41 Å². The molecule has 2 aliphatic heterocycles. The van der Waals surface area contributed by atoms with Gasteiger partial charge in [0.15, 0.2) is 0 Å². The average Bonchev–Trinajstić information content (AvgIpc) is 2.89. The van der Waals surface area contributed by atoms with Crippen LogP contribution in [0.2, 0.25) is 0 Å². The Balaban J connectivity index is 1.80. The average molecular weight is 374 g/mol. The van der Waals surface area contributed by atoms with Gasteiger partial charge in [-0.05, 0) is 58.3 Å². The second-order valence-electron chi connectivity index (χ2n) is 7.88. The van der Waals surface area contributed by atoms with Gasteiger partial charge in [0.1, 0.15) is 0 Å². The van der Waals surface area contributed by atoms with Gasteiger partial charge < -0.3 is 15.5 Å². The number of pyridine rings is 1. The van der Waals surface area contributed by atoms with Gasteiger partial charge in [0.05, 0.1) is 17.3 Å². The molecule has 27 heavy (non-hydrogen) atoms. The molecule has 2 atom stereocenters. The molecule has 1 aromatic heterocycles. The fourth-order valence-corrected chi connectivity index (χ4v) is 4.48. The van der Waals surface area contributed by atoms with Gasteiger partial charge in [-0.1, -0.05) is 6.92 Å². The Morgan fingerprint density at radius 3 is 2.74 bits per heavy atom. The molecule has 3 rings (SSSR count). The van der Waals surface area contributed by atoms with E-state index in [1.165, 1.54) is 0 Å². The number of hydrogen-bond acceptors (Lipinski definition) is 4. The Morgan fingerprint density at radius 1 is 1.30 bits per heavy atom. The maximum atomic E-state index is 13.4. The number of nitrogens with one attached hydrogen (secondary N) is 2. The van der Waals surface area contributed by atoms with Crippen LogP contribution in [0.25, 0.3) is 0 Å². The number of anilines is 1. The summed E-state index contributed by atoms with van der Waals surface area (Å²) in [5, 5.41) is 6.05. The Bertz CT molecular complexity index is 666. The van der Waals surface area contributed by atoms with Gasteiger partial charge in [-0.25, -0.2) is 4.79 Å². The Labute approximate surface area is 161 Å². The lowest BCUT2D eigenvalue weighted by Crippen LogP contribution is -2.47. The van der Waals surface area contributed by atoms with Crippen LogP contribution in [0.1, 0.15) is 40.0 Å². The van der Waals surface area contributed by atoms with Crippen molar-refractivity contribution in [2.45, 2.75) is 52.1 Å². The monoisotopic (exact) mass is 373 g/mol. The first-order valence-electron chi connectivity index (χ1n) is 9.97. The molecule has 1 aromatic rings. The first kappa shape index (κ1) is 19.6. The second kappa shape index (κ2) is 8.25. The van der Waals surface area contributed by atoms with Crippen molar-refractivity contribution in [3.63, 3.8) is 0 Å². The normalized spacial score (nSPS) is 25.8. The van der Waals surface area contributed by atoms with Crippen molar-refractivity contribution in [1.82, 2.24) is 20.1 Å². The number of hydrogen-bond donors (Lipinski definition) is 2. The highest BCUT2D eigenvalue weighted by molar-refractivity contribution is 5.96. The number of aromatic nitrogens is 1. The molecule has 148 valence electrons. The molecule has 7 heteroatoms. The number of amides is 3. The molecule has 3 heterocycles. The van der Waals surface area contributed by atoms with Crippen molar-refractivity contribution in [1.29, 1.82) is 0 Å². The van der Waals surface area contributed by atoms with Crippen molar-refractivity contribution in [3.8, 4) is 0 Å². The second-order valence-corrected chi connectivity index (χ2v) is 7.88. The van der Waals surface area contributed by atoms with Crippen molar-refractivity contribution in [2.24, 2.45) is 5.41 Å². The summed E-state index contributed by atoms with van der Waals surface area (Å²) in [4.78, 5) is 34.2. The summed E-state index contributed by atoms with van der Waals surface area (Å²) >= 11 is 0. The van der Waals surface area contributed by atoms with Crippen LogP contribution in [0.5, 0.6) is 0 Å². The molecule has 0 spiro atoms. The van der Waals surface area contributed by atoms with Gasteiger partial charge >= 0.3 is 6.03 Å². The molecule has 7 nitrogen and oxygen atoms in total. The van der Waals surface area contributed by atoms with Gasteiger partial charge in [-0.3, -0.25) is 14.7 Å². The summed E-state index contributed by atoms with van der Waals surface area (Å²) in [6.45, 7) is 9.21. The van der Waals surface area contributed by atoms with E-state index in [2.05, 4.69) is 27.4 Å². The molecule has 0 radical (unpaired) electrons. The van der Waals surface area contributed by atoms with Crippen molar-refractivity contribution < 1.29 is 9.59 Å². The summed E-state index contributed by atoms with van der Waals surface area (Å²) in [6.07, 6.45) is 5.71. The lowest BCUT2D eigenvalue weighted by atomic mass is 9.75. The van der Waals surface area contributed by atoms with E-state index in [4.69, 9.17) is 0 Å². The highest BCUT2D eigenvalue weighted by Gasteiger charge is 2.53. The summed E-state index contributed by atoms with van der Waals surface area (Å²) in [6, 6.07) is 3.92. The summed E-state index contributed by atoms with van der Waals surface area (Å²) in [5.74, 6) is 0.0579. The number of fused-ring (bicyclic) bond motifs is 1. The predicted octanol–water partition coefficient (Wildman–Crippen LogP) is 2.31. The fourth-order valence-electron chi connectivity index (χ4n) is 4.48. The third kappa shape index (κ3) is 4.08. The van der Waals surface area contributed by atoms with Crippen LogP contribution in [0.4, 0.5) is 10.5 Å². The minimum Gasteiger partial charge on any atom is -0.336 e. The van der Waals surface area contributed by atoms with Gasteiger partial charge in [-0.2, -0.15) is 0 Å². The molecule has 0 aliphatic carbocycles. The van der Waals surface area contributed by atoms with Crippen LogP contribution in [-0.4, -0.2) is 65.0 Å². The number of urea groups is 1.